The van der Waals surface area contributed by atoms with Crippen molar-refractivity contribution in [1.29, 1.82) is 0 Å². The monoisotopic (exact) mass is 367 g/mol. The van der Waals surface area contributed by atoms with Crippen LogP contribution in [0.2, 0.25) is 5.02 Å². The summed E-state index contributed by atoms with van der Waals surface area (Å²) in [6.45, 7) is 1.59. The third-order valence-electron chi connectivity index (χ3n) is 3.37. The second-order valence-corrected chi connectivity index (χ2v) is 7.66. The van der Waals surface area contributed by atoms with Crippen LogP contribution in [0.1, 0.15) is 11.1 Å². The molecule has 2 rings (SSSR count). The Balaban J connectivity index is 2.37. The highest BCUT2D eigenvalue weighted by molar-refractivity contribution is 7.89. The largest absolute Gasteiger partial charge is 0.293 e. The van der Waals surface area contributed by atoms with E-state index in [1.54, 1.807) is 6.07 Å². The molecular weight excluding hydrogens is 350 g/mol. The van der Waals surface area contributed by atoms with Gasteiger partial charge in [-0.05, 0) is 36.8 Å². The summed E-state index contributed by atoms with van der Waals surface area (Å²) in [4.78, 5) is 11.7. The Morgan fingerprint density at radius 1 is 1.21 bits per heavy atom. The molecule has 0 fully saturated rings. The third kappa shape index (κ3) is 4.55. The van der Waals surface area contributed by atoms with E-state index in [9.17, 15) is 13.2 Å². The molecule has 0 aliphatic heterocycles. The second kappa shape index (κ2) is 7.76. The van der Waals surface area contributed by atoms with E-state index in [1.807, 2.05) is 30.5 Å². The Hall–Kier alpha value is -1.93. The molecule has 0 saturated carbocycles. The van der Waals surface area contributed by atoms with E-state index in [1.165, 1.54) is 24.3 Å². The number of hydrogen-bond acceptors (Lipinski definition) is 4. The van der Waals surface area contributed by atoms with Crippen molar-refractivity contribution in [3.8, 4) is 0 Å². The summed E-state index contributed by atoms with van der Waals surface area (Å²) in [5.41, 5.74) is 3.73. The van der Waals surface area contributed by atoms with Crippen LogP contribution in [0.3, 0.4) is 0 Å². The first-order valence-electron chi connectivity index (χ1n) is 7.13. The Morgan fingerprint density at radius 2 is 1.88 bits per heavy atom. The van der Waals surface area contributed by atoms with Crippen molar-refractivity contribution >= 4 is 27.5 Å². The van der Waals surface area contributed by atoms with E-state index >= 15 is 0 Å². The molecule has 8 heteroatoms. The summed E-state index contributed by atoms with van der Waals surface area (Å²) in [5, 5.41) is 0.430. The number of nitrogens with two attached hydrogens (primary N) is 1. The zero-order chi connectivity index (χ0) is 17.7. The van der Waals surface area contributed by atoms with Crippen LogP contribution in [0.5, 0.6) is 0 Å². The van der Waals surface area contributed by atoms with Crippen LogP contribution in [-0.2, 0) is 21.4 Å². The maximum Gasteiger partial charge on any atom is 0.249 e. The minimum absolute atomic E-state index is 0.0556. The van der Waals surface area contributed by atoms with Gasteiger partial charge in [-0.3, -0.25) is 10.2 Å². The number of halogens is 1. The first-order valence-corrected chi connectivity index (χ1v) is 8.95. The number of carbonyl (C=O) groups excluding carboxylic acids is 1. The molecule has 24 heavy (non-hydrogen) atoms. The molecule has 3 N–H and O–H groups in total. The van der Waals surface area contributed by atoms with Crippen molar-refractivity contribution in [2.75, 3.05) is 6.54 Å². The normalized spacial score (nSPS) is 11.5. The minimum atomic E-state index is -3.88. The van der Waals surface area contributed by atoms with Gasteiger partial charge in [0.2, 0.25) is 15.9 Å². The molecule has 0 aliphatic rings. The van der Waals surface area contributed by atoms with Gasteiger partial charge in [-0.15, -0.1) is 0 Å². The molecule has 0 saturated heterocycles. The first-order chi connectivity index (χ1) is 11.3. The summed E-state index contributed by atoms with van der Waals surface area (Å²) in [5.74, 6) is 4.50. The van der Waals surface area contributed by atoms with Gasteiger partial charge in [0.15, 0.2) is 0 Å². The molecule has 1 amide bonds. The molecule has 2 aromatic rings. The molecule has 6 nitrogen and oxygen atoms in total. The summed E-state index contributed by atoms with van der Waals surface area (Å²) in [7, 11) is -3.88. The molecule has 128 valence electrons. The van der Waals surface area contributed by atoms with Gasteiger partial charge in [-0.2, -0.15) is 4.31 Å². The predicted octanol–water partition coefficient (Wildman–Crippen LogP) is 1.83. The van der Waals surface area contributed by atoms with Gasteiger partial charge in [0.05, 0.1) is 11.4 Å². The average molecular weight is 368 g/mol. The van der Waals surface area contributed by atoms with Crippen molar-refractivity contribution in [3.05, 3.63) is 64.7 Å². The van der Waals surface area contributed by atoms with E-state index < -0.39 is 15.9 Å². The van der Waals surface area contributed by atoms with E-state index in [2.05, 4.69) is 0 Å². The Labute approximate surface area is 146 Å². The summed E-state index contributed by atoms with van der Waals surface area (Å²) in [6, 6.07) is 13.2. The fourth-order valence-electron chi connectivity index (χ4n) is 2.20. The lowest BCUT2D eigenvalue weighted by molar-refractivity contribution is -0.121. The number of sulfonamides is 1. The number of hydrogen-bond donors (Lipinski definition) is 2. The lowest BCUT2D eigenvalue weighted by atomic mass is 10.1. The smallest absolute Gasteiger partial charge is 0.249 e. The van der Waals surface area contributed by atoms with Crippen LogP contribution in [0.15, 0.2) is 53.4 Å². The minimum Gasteiger partial charge on any atom is -0.293 e. The Morgan fingerprint density at radius 3 is 2.46 bits per heavy atom. The lowest BCUT2D eigenvalue weighted by Gasteiger charge is -2.21. The molecule has 0 unspecified atom stereocenters. The number of amides is 1. The molecular formula is C16H18ClN3O3S. The number of carbonyl (C=O) groups is 1. The fraction of sp³-hybridized carbons (Fsp3) is 0.188. The number of nitrogens with zero attached hydrogens (tertiary/aromatic N) is 1. The van der Waals surface area contributed by atoms with E-state index in [-0.39, 0.29) is 18.0 Å². The molecule has 0 heterocycles. The van der Waals surface area contributed by atoms with Crippen molar-refractivity contribution in [1.82, 2.24) is 9.73 Å². The summed E-state index contributed by atoms with van der Waals surface area (Å²) in [6.07, 6.45) is 0. The standard InChI is InChI=1S/C16H18ClN3O3S/c1-12-3-2-4-13(9-12)10-20(11-16(21)19-18)24(22,23)15-7-5-14(17)6-8-15/h2-9H,10-11,18H2,1H3,(H,19,21). The van der Waals surface area contributed by atoms with Crippen molar-refractivity contribution in [2.45, 2.75) is 18.4 Å². The molecule has 0 radical (unpaired) electrons. The summed E-state index contributed by atoms with van der Waals surface area (Å²) >= 11 is 5.81. The van der Waals surface area contributed by atoms with E-state index in [4.69, 9.17) is 17.4 Å². The molecule has 0 bridgehead atoms. The molecule has 0 spiro atoms. The topological polar surface area (TPSA) is 92.5 Å². The maximum absolute atomic E-state index is 12.8. The third-order valence-corrected chi connectivity index (χ3v) is 5.43. The first kappa shape index (κ1) is 18.4. The van der Waals surface area contributed by atoms with Crippen LogP contribution >= 0.6 is 11.6 Å². The number of hydrazine groups is 1. The van der Waals surface area contributed by atoms with Gasteiger partial charge in [-0.25, -0.2) is 14.3 Å². The SMILES string of the molecule is Cc1cccc(CN(CC(=O)NN)S(=O)(=O)c2ccc(Cl)cc2)c1. The number of benzene rings is 2. The highest BCUT2D eigenvalue weighted by atomic mass is 35.5. The molecule has 0 aromatic heterocycles. The molecule has 0 atom stereocenters. The fourth-order valence-corrected chi connectivity index (χ4v) is 3.71. The second-order valence-electron chi connectivity index (χ2n) is 5.28. The van der Waals surface area contributed by atoms with Gasteiger partial charge in [0.25, 0.3) is 0 Å². The van der Waals surface area contributed by atoms with E-state index in [0.29, 0.717) is 5.02 Å². The zero-order valence-electron chi connectivity index (χ0n) is 13.1. The van der Waals surface area contributed by atoms with Crippen LogP contribution in [0, 0.1) is 6.92 Å². The molecule has 2 aromatic carbocycles. The van der Waals surface area contributed by atoms with Crippen LogP contribution in [0.25, 0.3) is 0 Å². The Bertz CT molecular complexity index is 823. The number of aryl methyl sites for hydroxylation is 1. The van der Waals surface area contributed by atoms with Gasteiger partial charge < -0.3 is 0 Å². The van der Waals surface area contributed by atoms with Crippen molar-refractivity contribution in [3.63, 3.8) is 0 Å². The average Bonchev–Trinajstić information content (AvgIpc) is 2.54. The lowest BCUT2D eigenvalue weighted by Crippen LogP contribution is -2.42. The zero-order valence-corrected chi connectivity index (χ0v) is 14.6. The highest BCUT2D eigenvalue weighted by Gasteiger charge is 2.26. The van der Waals surface area contributed by atoms with Crippen molar-refractivity contribution < 1.29 is 13.2 Å². The maximum atomic E-state index is 12.8. The predicted molar refractivity (Wildman–Crippen MR) is 92.6 cm³/mol. The van der Waals surface area contributed by atoms with Gasteiger partial charge in [0, 0.05) is 11.6 Å². The van der Waals surface area contributed by atoms with Crippen LogP contribution in [-0.4, -0.2) is 25.2 Å². The van der Waals surface area contributed by atoms with Crippen molar-refractivity contribution in [2.24, 2.45) is 5.84 Å². The number of nitrogens with one attached hydrogen (secondary N) is 1. The quantitative estimate of drug-likeness (QED) is 0.463. The van der Waals surface area contributed by atoms with Crippen LogP contribution in [0.4, 0.5) is 0 Å². The van der Waals surface area contributed by atoms with Gasteiger partial charge in [0.1, 0.15) is 0 Å². The Kier molecular flexibility index (Phi) is 5.95. The van der Waals surface area contributed by atoms with Crippen LogP contribution < -0.4 is 11.3 Å². The highest BCUT2D eigenvalue weighted by Crippen LogP contribution is 2.20. The van der Waals surface area contributed by atoms with E-state index in [0.717, 1.165) is 15.4 Å². The summed E-state index contributed by atoms with van der Waals surface area (Å²) < 4.78 is 26.8. The molecule has 0 aliphatic carbocycles. The number of rotatable bonds is 6. The van der Waals surface area contributed by atoms with Gasteiger partial charge in [-0.1, -0.05) is 41.4 Å². The van der Waals surface area contributed by atoms with Gasteiger partial charge >= 0.3 is 0 Å².